The molecule has 1 aliphatic rings. The summed E-state index contributed by atoms with van der Waals surface area (Å²) in [6.07, 6.45) is 7.48. The Labute approximate surface area is 137 Å². The van der Waals surface area contributed by atoms with E-state index in [9.17, 15) is 4.79 Å². The van der Waals surface area contributed by atoms with Gasteiger partial charge in [-0.2, -0.15) is 0 Å². The van der Waals surface area contributed by atoms with Gasteiger partial charge in [-0.05, 0) is 49.1 Å². The molecule has 1 saturated carbocycles. The average molecular weight is 345 g/mol. The molecule has 106 valence electrons. The summed E-state index contributed by atoms with van der Waals surface area (Å²) in [6, 6.07) is 5.32. The third kappa shape index (κ3) is 3.45. The van der Waals surface area contributed by atoms with Crippen molar-refractivity contribution >= 4 is 58.6 Å². The van der Waals surface area contributed by atoms with E-state index in [4.69, 9.17) is 23.2 Å². The van der Waals surface area contributed by atoms with Gasteiger partial charge < -0.3 is 0 Å². The largest absolute Gasteiger partial charge is 0.289 e. The van der Waals surface area contributed by atoms with E-state index in [1.807, 2.05) is 24.7 Å². The van der Waals surface area contributed by atoms with Gasteiger partial charge in [0.25, 0.3) is 0 Å². The summed E-state index contributed by atoms with van der Waals surface area (Å²) in [6.45, 7) is 0. The molecule has 2 rings (SSSR count). The normalized spacial score (nSPS) is 17.1. The van der Waals surface area contributed by atoms with Gasteiger partial charge in [0.2, 0.25) is 0 Å². The minimum atomic E-state index is 0.148. The molecule has 0 unspecified atom stereocenters. The quantitative estimate of drug-likeness (QED) is 0.656. The minimum Gasteiger partial charge on any atom is -0.289 e. The number of allylic oxidation sites excluding steroid dienone is 2. The van der Waals surface area contributed by atoms with Crippen LogP contribution in [0, 0.1) is 0 Å². The first kappa shape index (κ1) is 16.0. The molecule has 0 radical (unpaired) electrons. The maximum atomic E-state index is 12.4. The molecule has 1 aliphatic carbocycles. The van der Waals surface area contributed by atoms with Crippen LogP contribution >= 0.6 is 46.7 Å². The van der Waals surface area contributed by atoms with Crippen molar-refractivity contribution in [2.75, 3.05) is 12.5 Å². The van der Waals surface area contributed by atoms with Crippen molar-refractivity contribution in [3.05, 3.63) is 49.2 Å². The van der Waals surface area contributed by atoms with E-state index in [1.54, 1.807) is 35.7 Å². The predicted octanol–water partition coefficient (Wildman–Crippen LogP) is 5.68. The molecule has 20 heavy (non-hydrogen) atoms. The van der Waals surface area contributed by atoms with Gasteiger partial charge in [-0.1, -0.05) is 29.3 Å². The lowest BCUT2D eigenvalue weighted by Gasteiger charge is -2.03. The second-order valence-corrected chi connectivity index (χ2v) is 7.07. The number of Topliss-reactive ketones (excluding diaryl/α,β-unsaturated/α-hetero) is 1. The fraction of sp³-hybridized carbons (Fsp3) is 0.267. The molecule has 0 amide bonds. The van der Waals surface area contributed by atoms with Crippen molar-refractivity contribution in [1.29, 1.82) is 0 Å². The summed E-state index contributed by atoms with van der Waals surface area (Å²) in [4.78, 5) is 12.4. The van der Waals surface area contributed by atoms with Crippen molar-refractivity contribution in [3.8, 4) is 0 Å². The molecular weight excluding hydrogens is 331 g/mol. The predicted molar refractivity (Wildman–Crippen MR) is 92.7 cm³/mol. The van der Waals surface area contributed by atoms with E-state index in [2.05, 4.69) is 0 Å². The first-order valence-corrected chi connectivity index (χ1v) is 9.28. The van der Waals surface area contributed by atoms with Crippen LogP contribution in [0.15, 0.2) is 33.6 Å². The summed E-state index contributed by atoms with van der Waals surface area (Å²) < 4.78 is 1.11. The molecule has 0 spiro atoms. The molecule has 0 aliphatic heterocycles. The zero-order valence-electron chi connectivity index (χ0n) is 11.2. The SMILES string of the molecule is CSC(SC)=C1CC/C(=C\c2ccc(Cl)cc2Cl)C1=O. The average Bonchev–Trinajstić information content (AvgIpc) is 2.77. The van der Waals surface area contributed by atoms with E-state index in [1.165, 1.54) is 0 Å². The van der Waals surface area contributed by atoms with Crippen molar-refractivity contribution < 1.29 is 4.79 Å². The van der Waals surface area contributed by atoms with Crippen molar-refractivity contribution in [3.63, 3.8) is 0 Å². The highest BCUT2D eigenvalue weighted by atomic mass is 35.5. The maximum Gasteiger partial charge on any atom is 0.186 e. The summed E-state index contributed by atoms with van der Waals surface area (Å²) in [5, 5.41) is 1.17. The molecule has 0 bridgehead atoms. The Kier molecular flexibility index (Phi) is 5.67. The van der Waals surface area contributed by atoms with E-state index in [0.717, 1.165) is 33.8 Å². The number of carbonyl (C=O) groups excluding carboxylic acids is 1. The molecule has 1 aromatic carbocycles. The van der Waals surface area contributed by atoms with Crippen LogP contribution in [0.5, 0.6) is 0 Å². The van der Waals surface area contributed by atoms with Crippen molar-refractivity contribution in [1.82, 2.24) is 0 Å². The number of benzene rings is 1. The Bertz CT molecular complexity index is 600. The van der Waals surface area contributed by atoms with Crippen LogP contribution in [-0.4, -0.2) is 18.3 Å². The molecular formula is C15H14Cl2OS2. The Hall–Kier alpha value is -0.350. The summed E-state index contributed by atoms with van der Waals surface area (Å²) in [5.41, 5.74) is 2.60. The molecule has 0 aromatic heterocycles. The number of halogens is 2. The zero-order chi connectivity index (χ0) is 14.7. The summed E-state index contributed by atoms with van der Waals surface area (Å²) >= 11 is 15.3. The van der Waals surface area contributed by atoms with Crippen molar-refractivity contribution in [2.24, 2.45) is 0 Å². The Balaban J connectivity index is 2.34. The number of rotatable bonds is 3. The standard InChI is InChI=1S/C15H14Cl2OS2/c1-19-15(20-2)12-6-4-10(14(12)18)7-9-3-5-11(16)8-13(9)17/h3,5,7-8H,4,6H2,1-2H3/b10-7+. The third-order valence-corrected chi connectivity index (χ3v) is 5.92. The fourth-order valence-corrected chi connectivity index (χ4v) is 4.16. The van der Waals surface area contributed by atoms with Gasteiger partial charge in [-0.15, -0.1) is 23.5 Å². The molecule has 0 atom stereocenters. The van der Waals surface area contributed by atoms with E-state index in [0.29, 0.717) is 10.0 Å². The van der Waals surface area contributed by atoms with Crippen molar-refractivity contribution in [2.45, 2.75) is 12.8 Å². The smallest absolute Gasteiger partial charge is 0.186 e. The lowest BCUT2D eigenvalue weighted by atomic mass is 10.1. The molecule has 0 saturated heterocycles. The first-order valence-electron chi connectivity index (χ1n) is 6.08. The molecule has 0 heterocycles. The van der Waals surface area contributed by atoms with Gasteiger partial charge in [0.05, 0.1) is 0 Å². The van der Waals surface area contributed by atoms with Crippen LogP contribution in [0.2, 0.25) is 10.0 Å². The number of hydrogen-bond donors (Lipinski definition) is 0. The maximum absolute atomic E-state index is 12.4. The summed E-state index contributed by atoms with van der Waals surface area (Å²) in [7, 11) is 0. The van der Waals surface area contributed by atoms with E-state index in [-0.39, 0.29) is 5.78 Å². The van der Waals surface area contributed by atoms with Gasteiger partial charge in [0.15, 0.2) is 5.78 Å². The zero-order valence-corrected chi connectivity index (χ0v) is 14.3. The van der Waals surface area contributed by atoms with E-state index < -0.39 is 0 Å². The molecule has 0 N–H and O–H groups in total. The molecule has 1 aromatic rings. The third-order valence-electron chi connectivity index (χ3n) is 3.12. The Morgan fingerprint density at radius 2 is 1.90 bits per heavy atom. The van der Waals surface area contributed by atoms with Crippen LogP contribution in [0.1, 0.15) is 18.4 Å². The van der Waals surface area contributed by atoms with Gasteiger partial charge in [-0.25, -0.2) is 0 Å². The number of carbonyl (C=O) groups is 1. The minimum absolute atomic E-state index is 0.148. The monoisotopic (exact) mass is 344 g/mol. The van der Waals surface area contributed by atoms with E-state index >= 15 is 0 Å². The van der Waals surface area contributed by atoms with Crippen LogP contribution in [-0.2, 0) is 4.79 Å². The highest BCUT2D eigenvalue weighted by molar-refractivity contribution is 8.21. The highest BCUT2D eigenvalue weighted by Crippen LogP contribution is 2.38. The fourth-order valence-electron chi connectivity index (χ4n) is 2.15. The Morgan fingerprint density at radius 1 is 1.20 bits per heavy atom. The molecule has 1 nitrogen and oxygen atoms in total. The summed E-state index contributed by atoms with van der Waals surface area (Å²) in [5.74, 6) is 0.148. The van der Waals surface area contributed by atoms with Crippen LogP contribution in [0.4, 0.5) is 0 Å². The lowest BCUT2D eigenvalue weighted by molar-refractivity contribution is -0.111. The van der Waals surface area contributed by atoms with Crippen LogP contribution in [0.3, 0.4) is 0 Å². The number of ketones is 1. The van der Waals surface area contributed by atoms with Crippen LogP contribution < -0.4 is 0 Å². The Morgan fingerprint density at radius 3 is 2.50 bits per heavy atom. The van der Waals surface area contributed by atoms with Crippen LogP contribution in [0.25, 0.3) is 6.08 Å². The van der Waals surface area contributed by atoms with Gasteiger partial charge >= 0.3 is 0 Å². The lowest BCUT2D eigenvalue weighted by Crippen LogP contribution is -1.97. The highest BCUT2D eigenvalue weighted by Gasteiger charge is 2.26. The second kappa shape index (κ2) is 7.08. The van der Waals surface area contributed by atoms with Gasteiger partial charge in [-0.3, -0.25) is 4.79 Å². The second-order valence-electron chi connectivity index (χ2n) is 4.34. The first-order chi connectivity index (χ1) is 9.56. The van der Waals surface area contributed by atoms with Gasteiger partial charge in [0.1, 0.15) is 0 Å². The number of thioether (sulfide) groups is 2. The number of hydrogen-bond acceptors (Lipinski definition) is 3. The molecule has 1 fully saturated rings. The van der Waals surface area contributed by atoms with Gasteiger partial charge in [0, 0.05) is 25.4 Å². The molecule has 5 heteroatoms. The topological polar surface area (TPSA) is 17.1 Å².